The molecule has 2 aromatic carbocycles. The first-order valence-corrected chi connectivity index (χ1v) is 7.69. The number of ether oxygens (including phenoxy) is 1. The Morgan fingerprint density at radius 3 is 2.71 bits per heavy atom. The molecule has 0 spiro atoms. The number of fused-ring (bicyclic) bond motifs is 1. The first-order chi connectivity index (χ1) is 11.5. The average molecular weight is 322 g/mol. The number of carbonyl (C=O) groups excluding carboxylic acids is 2. The Bertz CT molecular complexity index is 898. The van der Waals surface area contributed by atoms with E-state index in [1.54, 1.807) is 19.2 Å². The van der Waals surface area contributed by atoms with E-state index in [2.05, 4.69) is 10.3 Å². The summed E-state index contributed by atoms with van der Waals surface area (Å²) < 4.78 is 5.30. The van der Waals surface area contributed by atoms with Crippen LogP contribution in [0.4, 0.5) is 5.69 Å². The Labute approximate surface area is 139 Å². The van der Waals surface area contributed by atoms with Gasteiger partial charge < -0.3 is 15.0 Å². The maximum Gasteiger partial charge on any atom is 0.341 e. The second-order valence-electron chi connectivity index (χ2n) is 5.65. The number of hydrogen-bond acceptors (Lipinski definition) is 3. The van der Waals surface area contributed by atoms with Gasteiger partial charge in [0, 0.05) is 22.8 Å². The molecule has 5 nitrogen and oxygen atoms in total. The molecule has 0 aliphatic rings. The Balaban J connectivity index is 1.68. The largest absolute Gasteiger partial charge is 0.449 e. The molecule has 0 saturated heterocycles. The van der Waals surface area contributed by atoms with Crippen LogP contribution in [0, 0.1) is 6.92 Å². The third kappa shape index (κ3) is 3.30. The molecule has 1 aromatic heterocycles. The molecular weight excluding hydrogens is 304 g/mol. The monoisotopic (exact) mass is 322 g/mol. The van der Waals surface area contributed by atoms with Crippen LogP contribution < -0.4 is 5.32 Å². The number of hydrogen-bond donors (Lipinski definition) is 2. The van der Waals surface area contributed by atoms with Crippen LogP contribution >= 0.6 is 0 Å². The number of anilines is 1. The Morgan fingerprint density at radius 2 is 1.92 bits per heavy atom. The molecule has 1 amide bonds. The maximum absolute atomic E-state index is 12.3. The van der Waals surface area contributed by atoms with E-state index in [0.717, 1.165) is 16.5 Å². The molecule has 1 heterocycles. The van der Waals surface area contributed by atoms with Gasteiger partial charge in [-0.05, 0) is 37.6 Å². The van der Waals surface area contributed by atoms with Crippen molar-refractivity contribution in [1.29, 1.82) is 0 Å². The number of aromatic nitrogens is 1. The minimum atomic E-state index is -0.897. The summed E-state index contributed by atoms with van der Waals surface area (Å²) in [5, 5.41) is 3.52. The van der Waals surface area contributed by atoms with Crippen LogP contribution in [-0.2, 0) is 9.53 Å². The highest BCUT2D eigenvalue weighted by atomic mass is 16.5. The van der Waals surface area contributed by atoms with Gasteiger partial charge in [-0.2, -0.15) is 0 Å². The average Bonchev–Trinajstić information content (AvgIpc) is 2.99. The summed E-state index contributed by atoms with van der Waals surface area (Å²) in [5.74, 6) is -0.895. The number of esters is 1. The lowest BCUT2D eigenvalue weighted by Gasteiger charge is -2.13. The zero-order valence-electron chi connectivity index (χ0n) is 13.5. The van der Waals surface area contributed by atoms with Gasteiger partial charge in [0.25, 0.3) is 5.91 Å². The number of rotatable bonds is 4. The summed E-state index contributed by atoms with van der Waals surface area (Å²) in [6.45, 7) is 3.49. The molecule has 0 radical (unpaired) electrons. The number of H-pyrrole nitrogens is 1. The molecule has 3 rings (SSSR count). The smallest absolute Gasteiger partial charge is 0.341 e. The Morgan fingerprint density at radius 1 is 1.12 bits per heavy atom. The summed E-state index contributed by atoms with van der Waals surface area (Å²) in [6, 6.07) is 14.9. The van der Waals surface area contributed by atoms with Crippen molar-refractivity contribution in [2.45, 2.75) is 20.0 Å². The van der Waals surface area contributed by atoms with E-state index >= 15 is 0 Å². The summed E-state index contributed by atoms with van der Waals surface area (Å²) in [4.78, 5) is 27.5. The zero-order chi connectivity index (χ0) is 17.1. The van der Waals surface area contributed by atoms with E-state index in [-0.39, 0.29) is 5.91 Å². The van der Waals surface area contributed by atoms with E-state index in [0.29, 0.717) is 11.3 Å². The van der Waals surface area contributed by atoms with Gasteiger partial charge in [0.15, 0.2) is 6.10 Å². The van der Waals surface area contributed by atoms with E-state index < -0.39 is 12.1 Å². The number of nitrogens with one attached hydrogen (secondary N) is 2. The predicted molar refractivity (Wildman–Crippen MR) is 93.0 cm³/mol. The molecule has 3 aromatic rings. The number of aryl methyl sites for hydroxylation is 1. The molecule has 122 valence electrons. The minimum absolute atomic E-state index is 0.367. The second-order valence-corrected chi connectivity index (χ2v) is 5.65. The minimum Gasteiger partial charge on any atom is -0.449 e. The van der Waals surface area contributed by atoms with E-state index in [9.17, 15) is 9.59 Å². The predicted octanol–water partition coefficient (Wildman–Crippen LogP) is 3.66. The zero-order valence-corrected chi connectivity index (χ0v) is 13.5. The fourth-order valence-electron chi connectivity index (χ4n) is 2.48. The van der Waals surface area contributed by atoms with Gasteiger partial charge in [-0.3, -0.25) is 4.79 Å². The van der Waals surface area contributed by atoms with Gasteiger partial charge in [0.1, 0.15) is 0 Å². The van der Waals surface area contributed by atoms with E-state index in [1.165, 1.54) is 0 Å². The molecule has 0 aliphatic carbocycles. The van der Waals surface area contributed by atoms with Crippen LogP contribution in [0.3, 0.4) is 0 Å². The maximum atomic E-state index is 12.3. The topological polar surface area (TPSA) is 71.2 Å². The van der Waals surface area contributed by atoms with Crippen molar-refractivity contribution in [1.82, 2.24) is 4.98 Å². The molecular formula is C19H18N2O3. The second kappa shape index (κ2) is 6.58. The Kier molecular flexibility index (Phi) is 4.33. The van der Waals surface area contributed by atoms with Gasteiger partial charge in [0.2, 0.25) is 0 Å². The summed E-state index contributed by atoms with van der Waals surface area (Å²) in [6.07, 6.45) is 0.699. The summed E-state index contributed by atoms with van der Waals surface area (Å²) >= 11 is 0. The van der Waals surface area contributed by atoms with Gasteiger partial charge in [-0.1, -0.05) is 30.3 Å². The van der Waals surface area contributed by atoms with Gasteiger partial charge in [-0.15, -0.1) is 0 Å². The normalized spacial score (nSPS) is 11.9. The lowest BCUT2D eigenvalue weighted by atomic mass is 10.2. The number of amides is 1. The van der Waals surface area contributed by atoms with Crippen LogP contribution in [-0.4, -0.2) is 23.0 Å². The van der Waals surface area contributed by atoms with Crippen molar-refractivity contribution in [3.8, 4) is 0 Å². The van der Waals surface area contributed by atoms with Gasteiger partial charge in [-0.25, -0.2) is 4.79 Å². The first kappa shape index (κ1) is 15.8. The lowest BCUT2D eigenvalue weighted by Crippen LogP contribution is -2.29. The standard InChI is InChI=1S/C19H18N2O3/c1-12-6-5-7-14(10-12)21-18(22)13(2)24-19(23)16-11-20-17-9-4-3-8-15(16)17/h3-11,13,20H,1-2H3,(H,21,22)/t13-/m1/s1. The third-order valence-electron chi connectivity index (χ3n) is 3.75. The Hall–Kier alpha value is -3.08. The fourth-order valence-corrected chi connectivity index (χ4v) is 2.48. The van der Waals surface area contributed by atoms with E-state index in [4.69, 9.17) is 4.74 Å². The van der Waals surface area contributed by atoms with Crippen LogP contribution in [0.25, 0.3) is 10.9 Å². The van der Waals surface area contributed by atoms with Crippen molar-refractivity contribution in [2.75, 3.05) is 5.32 Å². The van der Waals surface area contributed by atoms with Gasteiger partial charge in [0.05, 0.1) is 5.56 Å². The number of carbonyl (C=O) groups is 2. The van der Waals surface area contributed by atoms with Crippen molar-refractivity contribution in [3.05, 3.63) is 65.9 Å². The fraction of sp³-hybridized carbons (Fsp3) is 0.158. The van der Waals surface area contributed by atoms with Crippen molar-refractivity contribution < 1.29 is 14.3 Å². The van der Waals surface area contributed by atoms with Crippen molar-refractivity contribution >= 4 is 28.5 Å². The van der Waals surface area contributed by atoms with Crippen molar-refractivity contribution in [3.63, 3.8) is 0 Å². The quantitative estimate of drug-likeness (QED) is 0.720. The third-order valence-corrected chi connectivity index (χ3v) is 3.75. The molecule has 0 unspecified atom stereocenters. The summed E-state index contributed by atoms with van der Waals surface area (Å²) in [7, 11) is 0. The molecule has 0 saturated carbocycles. The lowest BCUT2D eigenvalue weighted by molar-refractivity contribution is -0.123. The van der Waals surface area contributed by atoms with Crippen LogP contribution in [0.2, 0.25) is 0 Å². The van der Waals surface area contributed by atoms with Crippen LogP contribution in [0.1, 0.15) is 22.8 Å². The highest BCUT2D eigenvalue weighted by molar-refractivity contribution is 6.05. The first-order valence-electron chi connectivity index (χ1n) is 7.69. The molecule has 0 fully saturated rings. The van der Waals surface area contributed by atoms with Gasteiger partial charge >= 0.3 is 5.97 Å². The highest BCUT2D eigenvalue weighted by Crippen LogP contribution is 2.19. The molecule has 0 aliphatic heterocycles. The molecule has 24 heavy (non-hydrogen) atoms. The summed E-state index contributed by atoms with van der Waals surface area (Å²) in [5.41, 5.74) is 2.98. The number of para-hydroxylation sites is 1. The number of aromatic amines is 1. The number of benzene rings is 2. The molecule has 5 heteroatoms. The highest BCUT2D eigenvalue weighted by Gasteiger charge is 2.21. The van der Waals surface area contributed by atoms with Crippen molar-refractivity contribution in [2.24, 2.45) is 0 Å². The molecule has 1 atom stereocenters. The van der Waals surface area contributed by atoms with Crippen LogP contribution in [0.15, 0.2) is 54.7 Å². The van der Waals surface area contributed by atoms with Crippen LogP contribution in [0.5, 0.6) is 0 Å². The molecule has 0 bridgehead atoms. The molecule has 2 N–H and O–H groups in total. The SMILES string of the molecule is Cc1cccc(NC(=O)[C@@H](C)OC(=O)c2c[nH]c3ccccc23)c1. The van der Waals surface area contributed by atoms with E-state index in [1.807, 2.05) is 49.4 Å².